The summed E-state index contributed by atoms with van der Waals surface area (Å²) in [6.45, 7) is 10.5. The molecule has 0 radical (unpaired) electrons. The van der Waals surface area contributed by atoms with Gasteiger partial charge in [-0.3, -0.25) is 5.32 Å². The van der Waals surface area contributed by atoms with E-state index < -0.39 is 23.4 Å². The van der Waals surface area contributed by atoms with Crippen molar-refractivity contribution in [2.45, 2.75) is 52.7 Å². The summed E-state index contributed by atoms with van der Waals surface area (Å²) in [5, 5.41) is 2.50. The van der Waals surface area contributed by atoms with E-state index in [9.17, 15) is 9.59 Å². The first kappa shape index (κ1) is 24.6. The van der Waals surface area contributed by atoms with Crippen molar-refractivity contribution in [2.75, 3.05) is 5.32 Å². The van der Waals surface area contributed by atoms with Crippen molar-refractivity contribution in [3.05, 3.63) is 60.3 Å². The zero-order valence-corrected chi connectivity index (χ0v) is 20.3. The molecular weight excluding hydrogens is 430 g/mol. The molecule has 0 saturated carbocycles. The Morgan fingerprint density at radius 2 is 1.47 bits per heavy atom. The highest BCUT2D eigenvalue weighted by atomic mass is 16.6. The van der Waals surface area contributed by atoms with Crippen LogP contribution in [0, 0.1) is 12.3 Å². The van der Waals surface area contributed by atoms with E-state index in [-0.39, 0.29) is 5.95 Å². The summed E-state index contributed by atoms with van der Waals surface area (Å²) in [4.78, 5) is 29.2. The van der Waals surface area contributed by atoms with Gasteiger partial charge in [-0.05, 0) is 58.7 Å². The van der Waals surface area contributed by atoms with Crippen molar-refractivity contribution in [3.63, 3.8) is 0 Å². The molecule has 0 saturated heterocycles. The lowest BCUT2D eigenvalue weighted by atomic mass is 9.95. The third-order valence-electron chi connectivity index (χ3n) is 4.53. The molecule has 0 unspecified atom stereocenters. The van der Waals surface area contributed by atoms with Gasteiger partial charge in [-0.2, -0.15) is 0 Å². The van der Waals surface area contributed by atoms with Gasteiger partial charge < -0.3 is 9.47 Å². The molecule has 34 heavy (non-hydrogen) atoms. The largest absolute Gasteiger partial charge is 0.444 e. The molecule has 7 nitrogen and oxygen atoms in total. The van der Waals surface area contributed by atoms with Crippen LogP contribution in [0.1, 0.15) is 47.1 Å². The number of amides is 1. The van der Waals surface area contributed by atoms with Gasteiger partial charge in [0.05, 0.1) is 11.9 Å². The molecule has 2 aromatic rings. The molecule has 0 atom stereocenters. The number of anilines is 1. The molecule has 1 aromatic heterocycles. The van der Waals surface area contributed by atoms with Crippen LogP contribution in [-0.2, 0) is 9.47 Å². The minimum atomic E-state index is -0.743. The molecule has 7 heteroatoms. The lowest BCUT2D eigenvalue weighted by Gasteiger charge is -2.22. The van der Waals surface area contributed by atoms with Crippen LogP contribution in [0.3, 0.4) is 0 Å². The van der Waals surface area contributed by atoms with Gasteiger partial charge in [0.2, 0.25) is 5.95 Å². The van der Waals surface area contributed by atoms with Crippen molar-refractivity contribution in [1.82, 2.24) is 9.55 Å². The minimum absolute atomic E-state index is 0.0228. The Kier molecular flexibility index (Phi) is 6.83. The lowest BCUT2D eigenvalue weighted by Crippen LogP contribution is -2.31. The number of nitrogens with one attached hydrogen (secondary N) is 1. The molecule has 0 aliphatic heterocycles. The normalized spacial score (nSPS) is 11.4. The van der Waals surface area contributed by atoms with E-state index in [0.717, 1.165) is 0 Å². The molecule has 2 aliphatic carbocycles. The van der Waals surface area contributed by atoms with E-state index in [2.05, 4.69) is 40.5 Å². The van der Waals surface area contributed by atoms with Gasteiger partial charge >= 0.3 is 12.2 Å². The van der Waals surface area contributed by atoms with E-state index in [1.165, 1.54) is 21.9 Å². The number of carbonyl (C=O) groups excluding carboxylic acids is 2. The van der Waals surface area contributed by atoms with Gasteiger partial charge in [0.1, 0.15) is 11.2 Å². The highest BCUT2D eigenvalue weighted by Crippen LogP contribution is 2.29. The molecule has 0 fully saturated rings. The van der Waals surface area contributed by atoms with Crippen LogP contribution in [0.4, 0.5) is 15.5 Å². The van der Waals surface area contributed by atoms with Crippen LogP contribution >= 0.6 is 0 Å². The highest BCUT2D eigenvalue weighted by Gasteiger charge is 2.27. The van der Waals surface area contributed by atoms with Crippen molar-refractivity contribution in [1.29, 1.82) is 0 Å². The van der Waals surface area contributed by atoms with E-state index in [4.69, 9.17) is 15.9 Å². The SMILES string of the molecule is C#Cc1ccccc1-c1cnc(NC(=O)OC(C)(C)C)n1C(=O)OC(C)(C)C.c1cc2ccc1-2. The summed E-state index contributed by atoms with van der Waals surface area (Å²) in [5.41, 5.74) is 3.00. The molecular formula is C27H29N3O4. The number of hydrogen-bond acceptors (Lipinski definition) is 5. The van der Waals surface area contributed by atoms with Crippen LogP contribution in [-0.4, -0.2) is 32.9 Å². The van der Waals surface area contributed by atoms with E-state index >= 15 is 0 Å². The highest BCUT2D eigenvalue weighted by molar-refractivity contribution is 5.89. The third kappa shape index (κ3) is 6.04. The standard InChI is InChI=1S/C21H25N3O4.C6H4/c1-8-14-11-9-10-12-15(14)16-13-22-17(23-18(25)27-20(2,3)4)24(16)19(26)28-21(5,6)7;1-2-6-4-3-5(1)6/h1,9-13H,2-7H3,(H,22,23,25);1-4H. The average Bonchev–Trinajstić information content (AvgIpc) is 3.11. The van der Waals surface area contributed by atoms with Crippen LogP contribution in [0.2, 0.25) is 0 Å². The Morgan fingerprint density at radius 1 is 0.912 bits per heavy atom. The van der Waals surface area contributed by atoms with Gasteiger partial charge in [-0.1, -0.05) is 48.4 Å². The number of fused-ring (bicyclic) bond motifs is 1. The monoisotopic (exact) mass is 459 g/mol. The maximum absolute atomic E-state index is 12.9. The summed E-state index contributed by atoms with van der Waals surface area (Å²) in [6.07, 6.45) is 5.61. The van der Waals surface area contributed by atoms with E-state index in [0.29, 0.717) is 16.8 Å². The number of imidazole rings is 1. The number of carbonyl (C=O) groups is 2. The number of rotatable bonds is 2. The van der Waals surface area contributed by atoms with E-state index in [1.807, 2.05) is 0 Å². The predicted octanol–water partition coefficient (Wildman–Crippen LogP) is 6.33. The lowest BCUT2D eigenvalue weighted by molar-refractivity contribution is 0.0542. The molecule has 1 heterocycles. The summed E-state index contributed by atoms with van der Waals surface area (Å²) >= 11 is 0. The van der Waals surface area contributed by atoms with Gasteiger partial charge in [0.25, 0.3) is 0 Å². The fourth-order valence-electron chi connectivity index (χ4n) is 3.01. The maximum atomic E-state index is 12.9. The Bertz CT molecular complexity index is 1220. The summed E-state index contributed by atoms with van der Waals surface area (Å²) in [6, 6.07) is 15.6. The molecule has 1 amide bonds. The Hall–Kier alpha value is -4.05. The van der Waals surface area contributed by atoms with Gasteiger partial charge in [-0.25, -0.2) is 19.1 Å². The number of hydrogen-bond donors (Lipinski definition) is 1. The number of benzene rings is 2. The first-order valence-electron chi connectivity index (χ1n) is 10.9. The van der Waals surface area contributed by atoms with Crippen LogP contribution in [0.25, 0.3) is 22.4 Å². The summed E-state index contributed by atoms with van der Waals surface area (Å²) in [7, 11) is 0. The second kappa shape index (κ2) is 9.44. The number of nitrogens with zero attached hydrogens (tertiary/aromatic N) is 2. The van der Waals surface area contributed by atoms with Crippen molar-refractivity contribution < 1.29 is 19.1 Å². The second-order valence-corrected chi connectivity index (χ2v) is 9.68. The Balaban J connectivity index is 0.000000457. The number of ether oxygens (including phenoxy) is 2. The Morgan fingerprint density at radius 3 is 1.94 bits per heavy atom. The summed E-state index contributed by atoms with van der Waals surface area (Å²) < 4.78 is 11.9. The van der Waals surface area contributed by atoms with Gasteiger partial charge in [0, 0.05) is 11.1 Å². The predicted molar refractivity (Wildman–Crippen MR) is 133 cm³/mol. The number of terminal acetylenes is 1. The first-order chi connectivity index (χ1) is 15.9. The van der Waals surface area contributed by atoms with Crippen LogP contribution in [0.5, 0.6) is 0 Å². The van der Waals surface area contributed by atoms with Crippen molar-refractivity contribution in [2.24, 2.45) is 0 Å². The van der Waals surface area contributed by atoms with Gasteiger partial charge in [-0.15, -0.1) is 6.42 Å². The molecule has 0 bridgehead atoms. The van der Waals surface area contributed by atoms with E-state index in [1.54, 1.807) is 65.8 Å². The smallest absolute Gasteiger partial charge is 0.421 e. The minimum Gasteiger partial charge on any atom is -0.444 e. The molecule has 1 N–H and O–H groups in total. The topological polar surface area (TPSA) is 82.5 Å². The number of aromatic nitrogens is 2. The zero-order valence-electron chi connectivity index (χ0n) is 20.3. The molecule has 176 valence electrons. The summed E-state index contributed by atoms with van der Waals surface area (Å²) in [5.74, 6) is 2.56. The first-order valence-corrected chi connectivity index (χ1v) is 10.9. The fourth-order valence-corrected chi connectivity index (χ4v) is 3.01. The van der Waals surface area contributed by atoms with Crippen molar-refractivity contribution in [3.8, 4) is 34.7 Å². The third-order valence-corrected chi connectivity index (χ3v) is 4.53. The zero-order chi connectivity index (χ0) is 25.1. The molecule has 1 aromatic carbocycles. The van der Waals surface area contributed by atoms with Crippen LogP contribution in [0.15, 0.2) is 54.7 Å². The van der Waals surface area contributed by atoms with Gasteiger partial charge in [0.15, 0.2) is 0 Å². The average molecular weight is 460 g/mol. The molecule has 4 rings (SSSR count). The quantitative estimate of drug-likeness (QED) is 0.354. The maximum Gasteiger partial charge on any atom is 0.421 e. The molecule has 0 spiro atoms. The molecule has 2 aliphatic rings. The Labute approximate surface area is 200 Å². The fraction of sp³-hybridized carbons (Fsp3) is 0.296. The van der Waals surface area contributed by atoms with Crippen LogP contribution < -0.4 is 5.32 Å². The van der Waals surface area contributed by atoms with Crippen molar-refractivity contribution >= 4 is 18.1 Å². The second-order valence-electron chi connectivity index (χ2n) is 9.68.